The zero-order valence-electron chi connectivity index (χ0n) is 25.4. The number of H-pyrrole nitrogens is 1. The Bertz CT molecular complexity index is 1890. The number of amides is 2. The van der Waals surface area contributed by atoms with Crippen LogP contribution in [0.1, 0.15) is 48.0 Å². The summed E-state index contributed by atoms with van der Waals surface area (Å²) < 4.78 is 20.1. The van der Waals surface area contributed by atoms with Crippen molar-refractivity contribution in [3.8, 4) is 0 Å². The van der Waals surface area contributed by atoms with Crippen molar-refractivity contribution in [3.63, 3.8) is 0 Å². The second kappa shape index (κ2) is 12.4. The molecule has 3 aromatic heterocycles. The molecule has 0 saturated carbocycles. The number of nitrogens with zero attached hydrogens (tertiary/aromatic N) is 4. The SMILES string of the molecule is CC(C)(C)OC(=O)N1CCN(c2cnc3ccc(Cc4cc(C(=O)NCc5cc6c(Cl)c[nH]c6cc5F)ccn4)cc3c2)CC1. The van der Waals surface area contributed by atoms with E-state index in [0.29, 0.717) is 59.7 Å². The third-order valence-electron chi connectivity index (χ3n) is 7.73. The van der Waals surface area contributed by atoms with Gasteiger partial charge in [0.2, 0.25) is 0 Å². The summed E-state index contributed by atoms with van der Waals surface area (Å²) in [5.74, 6) is -0.744. The van der Waals surface area contributed by atoms with Crippen molar-refractivity contribution < 1.29 is 18.7 Å². The molecule has 4 heterocycles. The number of rotatable bonds is 6. The van der Waals surface area contributed by atoms with E-state index >= 15 is 0 Å². The first-order valence-corrected chi connectivity index (χ1v) is 15.2. The van der Waals surface area contributed by atoms with Gasteiger partial charge >= 0.3 is 6.09 Å². The number of anilines is 1. The number of hydrogen-bond acceptors (Lipinski definition) is 6. The van der Waals surface area contributed by atoms with Crippen molar-refractivity contribution in [2.45, 2.75) is 39.3 Å². The van der Waals surface area contributed by atoms with E-state index in [2.05, 4.69) is 37.3 Å². The van der Waals surface area contributed by atoms with Crippen molar-refractivity contribution in [2.75, 3.05) is 31.1 Å². The van der Waals surface area contributed by atoms with Gasteiger partial charge in [-0.1, -0.05) is 17.7 Å². The molecule has 2 amide bonds. The number of carbonyl (C=O) groups excluding carboxylic acids is 2. The predicted molar refractivity (Wildman–Crippen MR) is 173 cm³/mol. The van der Waals surface area contributed by atoms with Crippen molar-refractivity contribution >= 4 is 51.1 Å². The number of fused-ring (bicyclic) bond motifs is 2. The van der Waals surface area contributed by atoms with E-state index in [1.54, 1.807) is 35.5 Å². The van der Waals surface area contributed by atoms with E-state index in [4.69, 9.17) is 16.3 Å². The normalized spacial score (nSPS) is 13.8. The number of aromatic amines is 1. The van der Waals surface area contributed by atoms with Crippen LogP contribution in [0.3, 0.4) is 0 Å². The van der Waals surface area contributed by atoms with Gasteiger partial charge in [0.15, 0.2) is 0 Å². The Morgan fingerprint density at radius 2 is 1.84 bits per heavy atom. The van der Waals surface area contributed by atoms with Crippen molar-refractivity contribution in [2.24, 2.45) is 0 Å². The van der Waals surface area contributed by atoms with Gasteiger partial charge in [0.1, 0.15) is 11.4 Å². The first-order chi connectivity index (χ1) is 21.5. The number of hydrogen-bond donors (Lipinski definition) is 2. The Hall–Kier alpha value is -4.70. The van der Waals surface area contributed by atoms with Crippen LogP contribution < -0.4 is 10.2 Å². The number of carbonyl (C=O) groups is 2. The van der Waals surface area contributed by atoms with E-state index in [1.807, 2.05) is 39.1 Å². The highest BCUT2D eigenvalue weighted by Gasteiger charge is 2.26. The van der Waals surface area contributed by atoms with Gasteiger partial charge < -0.3 is 24.8 Å². The van der Waals surface area contributed by atoms with Crippen LogP contribution in [0.5, 0.6) is 0 Å². The molecular formula is C34H34ClFN6O3. The quantitative estimate of drug-likeness (QED) is 0.223. The van der Waals surface area contributed by atoms with Crippen LogP contribution in [-0.2, 0) is 17.7 Å². The maximum absolute atomic E-state index is 14.6. The summed E-state index contributed by atoms with van der Waals surface area (Å²) in [6.07, 6.45) is 5.31. The summed E-state index contributed by atoms with van der Waals surface area (Å²) in [6.45, 7) is 8.16. The number of halogens is 2. The lowest BCUT2D eigenvalue weighted by molar-refractivity contribution is 0.0240. The number of benzene rings is 2. The molecule has 0 atom stereocenters. The summed E-state index contributed by atoms with van der Waals surface area (Å²) >= 11 is 6.18. The van der Waals surface area contributed by atoms with Gasteiger partial charge in [0, 0.05) is 84.6 Å². The van der Waals surface area contributed by atoms with E-state index in [1.165, 1.54) is 6.07 Å². The molecule has 1 saturated heterocycles. The molecule has 2 aromatic carbocycles. The van der Waals surface area contributed by atoms with E-state index in [-0.39, 0.29) is 18.5 Å². The molecule has 232 valence electrons. The summed E-state index contributed by atoms with van der Waals surface area (Å²) in [5, 5.41) is 4.99. The molecule has 0 bridgehead atoms. The minimum absolute atomic E-state index is 0.0236. The van der Waals surface area contributed by atoms with Gasteiger partial charge in [-0.05, 0) is 68.8 Å². The average molecular weight is 629 g/mol. The maximum atomic E-state index is 14.6. The smallest absolute Gasteiger partial charge is 0.410 e. The topological polar surface area (TPSA) is 103 Å². The molecule has 11 heteroatoms. The van der Waals surface area contributed by atoms with Gasteiger partial charge in [-0.3, -0.25) is 14.8 Å². The standard InChI is InChI=1S/C34H34ClFN6O3/c1-34(2,3)45-33(44)42-10-8-41(9-11-42)26-15-23-12-21(4-5-30(23)38-19-26)13-25-14-22(6-7-37-25)32(43)40-18-24-16-27-28(35)20-39-31(27)17-29(24)36/h4-7,12,14-17,19-20,39H,8-11,13,18H2,1-3H3,(H,40,43). The number of aromatic nitrogens is 3. The molecule has 0 radical (unpaired) electrons. The van der Waals surface area contributed by atoms with Crippen molar-refractivity contribution in [3.05, 3.63) is 100 Å². The Morgan fingerprint density at radius 1 is 1.04 bits per heavy atom. The average Bonchev–Trinajstić information content (AvgIpc) is 3.37. The molecule has 6 rings (SSSR count). The second-order valence-electron chi connectivity index (χ2n) is 12.2. The number of piperazine rings is 1. The molecule has 1 aliphatic heterocycles. The van der Waals surface area contributed by atoms with Gasteiger partial charge in [0.25, 0.3) is 5.91 Å². The zero-order chi connectivity index (χ0) is 31.7. The summed E-state index contributed by atoms with van der Waals surface area (Å²) in [5.41, 5.74) is 4.50. The molecule has 9 nitrogen and oxygen atoms in total. The van der Waals surface area contributed by atoms with Crippen molar-refractivity contribution in [1.82, 2.24) is 25.2 Å². The zero-order valence-corrected chi connectivity index (χ0v) is 26.1. The highest BCUT2D eigenvalue weighted by molar-refractivity contribution is 6.35. The lowest BCUT2D eigenvalue weighted by Gasteiger charge is -2.36. The minimum Gasteiger partial charge on any atom is -0.444 e. The Morgan fingerprint density at radius 3 is 2.62 bits per heavy atom. The van der Waals surface area contributed by atoms with Gasteiger partial charge in [-0.25, -0.2) is 9.18 Å². The second-order valence-corrected chi connectivity index (χ2v) is 12.6. The third kappa shape index (κ3) is 7.01. The molecule has 1 fully saturated rings. The van der Waals surface area contributed by atoms with Gasteiger partial charge in [-0.2, -0.15) is 0 Å². The largest absolute Gasteiger partial charge is 0.444 e. The van der Waals surface area contributed by atoms with Gasteiger partial charge in [-0.15, -0.1) is 0 Å². The molecule has 0 spiro atoms. The van der Waals surface area contributed by atoms with E-state index in [0.717, 1.165) is 27.8 Å². The highest BCUT2D eigenvalue weighted by atomic mass is 35.5. The summed E-state index contributed by atoms with van der Waals surface area (Å²) in [6, 6.07) is 14.6. The molecule has 2 N–H and O–H groups in total. The number of ether oxygens (including phenoxy) is 1. The van der Waals surface area contributed by atoms with Crippen LogP contribution in [-0.4, -0.2) is 63.6 Å². The Balaban J connectivity index is 1.10. The summed E-state index contributed by atoms with van der Waals surface area (Å²) in [4.78, 5) is 41.4. The van der Waals surface area contributed by atoms with Gasteiger partial charge in [0.05, 0.1) is 22.4 Å². The predicted octanol–water partition coefficient (Wildman–Crippen LogP) is 6.48. The molecular weight excluding hydrogens is 595 g/mol. The van der Waals surface area contributed by atoms with Crippen molar-refractivity contribution in [1.29, 1.82) is 0 Å². The molecule has 5 aromatic rings. The van der Waals surface area contributed by atoms with Crippen LogP contribution in [0.4, 0.5) is 14.9 Å². The van der Waals surface area contributed by atoms with Crippen LogP contribution in [0.2, 0.25) is 5.02 Å². The van der Waals surface area contributed by atoms with Crippen LogP contribution in [0.15, 0.2) is 67.1 Å². The number of pyridine rings is 2. The first-order valence-electron chi connectivity index (χ1n) is 14.8. The lowest BCUT2D eigenvalue weighted by Crippen LogP contribution is -2.50. The fourth-order valence-electron chi connectivity index (χ4n) is 5.42. The number of nitrogens with one attached hydrogen (secondary N) is 2. The van der Waals surface area contributed by atoms with Crippen LogP contribution >= 0.6 is 11.6 Å². The van der Waals surface area contributed by atoms with Crippen LogP contribution in [0.25, 0.3) is 21.8 Å². The molecule has 45 heavy (non-hydrogen) atoms. The maximum Gasteiger partial charge on any atom is 0.410 e. The molecule has 0 aliphatic carbocycles. The molecule has 0 unspecified atom stereocenters. The third-order valence-corrected chi connectivity index (χ3v) is 8.04. The van der Waals surface area contributed by atoms with E-state index in [9.17, 15) is 14.0 Å². The van der Waals surface area contributed by atoms with Crippen LogP contribution in [0, 0.1) is 5.82 Å². The lowest BCUT2D eigenvalue weighted by atomic mass is 10.0. The Kier molecular flexibility index (Phi) is 8.33. The van der Waals surface area contributed by atoms with E-state index < -0.39 is 11.4 Å². The Labute approximate surface area is 265 Å². The fraction of sp³-hybridized carbons (Fsp3) is 0.294. The fourth-order valence-corrected chi connectivity index (χ4v) is 5.63. The summed E-state index contributed by atoms with van der Waals surface area (Å²) in [7, 11) is 0. The molecule has 1 aliphatic rings. The first kappa shape index (κ1) is 30.3. The monoisotopic (exact) mass is 628 g/mol. The highest BCUT2D eigenvalue weighted by Crippen LogP contribution is 2.26. The minimum atomic E-state index is -0.521.